The van der Waals surface area contributed by atoms with Gasteiger partial charge < -0.3 is 15.0 Å². The topological polar surface area (TPSA) is 82.4 Å². The van der Waals surface area contributed by atoms with Crippen molar-refractivity contribution in [1.29, 1.82) is 5.26 Å². The maximum absolute atomic E-state index is 13.5. The van der Waals surface area contributed by atoms with Crippen molar-refractivity contribution in [2.75, 3.05) is 13.1 Å². The van der Waals surface area contributed by atoms with Crippen molar-refractivity contribution >= 4 is 35.8 Å². The minimum Gasteiger partial charge on any atom is -0.444 e. The molecule has 2 aliphatic rings. The van der Waals surface area contributed by atoms with E-state index in [1.54, 1.807) is 11.0 Å². The zero-order chi connectivity index (χ0) is 27.6. The van der Waals surface area contributed by atoms with E-state index in [0.717, 1.165) is 16.0 Å². The van der Waals surface area contributed by atoms with Gasteiger partial charge in [0, 0.05) is 31.0 Å². The lowest BCUT2D eigenvalue weighted by atomic mass is 9.70. The molecule has 2 unspecified atom stereocenters. The SMILES string of the molecule is CC(NC(=O)CC1(c2cccc(C#N)c2)CCN(C(=O)OC(C)(C)C)CC1)C1(Cl)C=c2ccccc2=CC1. The van der Waals surface area contributed by atoms with Gasteiger partial charge in [-0.1, -0.05) is 48.6 Å². The summed E-state index contributed by atoms with van der Waals surface area (Å²) in [6.07, 6.45) is 5.84. The number of nitrogens with one attached hydrogen (secondary N) is 1. The molecular formula is C31H36ClN3O3. The normalized spacial score (nSPS) is 21.1. The molecule has 2 amide bonds. The molecule has 1 saturated heterocycles. The summed E-state index contributed by atoms with van der Waals surface area (Å²) in [5, 5.41) is 14.9. The average Bonchev–Trinajstić information content (AvgIpc) is 2.88. The second-order valence-electron chi connectivity index (χ2n) is 11.5. The number of likely N-dealkylation sites (tertiary alicyclic amines) is 1. The van der Waals surface area contributed by atoms with E-state index in [1.165, 1.54) is 0 Å². The first-order valence-electron chi connectivity index (χ1n) is 13.2. The van der Waals surface area contributed by atoms with Gasteiger partial charge in [-0.2, -0.15) is 5.26 Å². The molecule has 0 radical (unpaired) electrons. The third-order valence-electron chi connectivity index (χ3n) is 7.60. The predicted octanol–water partition coefficient (Wildman–Crippen LogP) is 4.36. The Bertz CT molecular complexity index is 1370. The molecule has 1 heterocycles. The molecule has 200 valence electrons. The van der Waals surface area contributed by atoms with Crippen LogP contribution in [-0.4, -0.2) is 46.5 Å². The Morgan fingerprint density at radius 1 is 1.13 bits per heavy atom. The number of ether oxygens (including phenoxy) is 1. The second-order valence-corrected chi connectivity index (χ2v) is 12.2. The molecule has 1 N–H and O–H groups in total. The lowest BCUT2D eigenvalue weighted by molar-refractivity contribution is -0.123. The van der Waals surface area contributed by atoms with Crippen molar-refractivity contribution in [2.45, 2.75) is 75.3 Å². The number of halogens is 1. The number of rotatable bonds is 5. The minimum absolute atomic E-state index is 0.0992. The van der Waals surface area contributed by atoms with Crippen LogP contribution in [0.25, 0.3) is 12.2 Å². The van der Waals surface area contributed by atoms with Gasteiger partial charge in [0.15, 0.2) is 0 Å². The van der Waals surface area contributed by atoms with Crippen LogP contribution in [-0.2, 0) is 14.9 Å². The predicted molar refractivity (Wildman–Crippen MR) is 150 cm³/mol. The second kappa shape index (κ2) is 10.8. The van der Waals surface area contributed by atoms with Gasteiger partial charge in [0.2, 0.25) is 5.91 Å². The Hall–Kier alpha value is -3.30. The van der Waals surface area contributed by atoms with Crippen molar-refractivity contribution in [3.05, 3.63) is 70.1 Å². The standard InChI is InChI=1S/C31H36ClN3O3/c1-22(31(32)13-12-24-9-5-6-10-25(24)19-31)34-27(36)20-30(26-11-7-8-23(18-26)21-33)14-16-35(17-15-30)28(37)38-29(2,3)4/h5-12,18-19,22H,13-17,20H2,1-4H3,(H,34,36). The molecule has 0 spiro atoms. The van der Waals surface area contributed by atoms with Gasteiger partial charge in [0.05, 0.1) is 16.5 Å². The molecule has 0 aromatic heterocycles. The third kappa shape index (κ3) is 6.22. The molecule has 0 saturated carbocycles. The minimum atomic E-state index is -0.724. The number of hydrogen-bond donors (Lipinski definition) is 1. The number of amides is 2. The quantitative estimate of drug-likeness (QED) is 0.579. The van der Waals surface area contributed by atoms with Gasteiger partial charge in [-0.15, -0.1) is 11.6 Å². The van der Waals surface area contributed by atoms with Crippen molar-refractivity contribution in [3.63, 3.8) is 0 Å². The molecule has 2 atom stereocenters. The molecule has 4 rings (SSSR count). The zero-order valence-corrected chi connectivity index (χ0v) is 23.3. The summed E-state index contributed by atoms with van der Waals surface area (Å²) in [6.45, 7) is 8.42. The van der Waals surface area contributed by atoms with E-state index >= 15 is 0 Å². The number of piperidine rings is 1. The molecule has 1 aliphatic heterocycles. The largest absolute Gasteiger partial charge is 0.444 e. The van der Waals surface area contributed by atoms with Crippen LogP contribution < -0.4 is 15.8 Å². The van der Waals surface area contributed by atoms with E-state index < -0.39 is 15.9 Å². The van der Waals surface area contributed by atoms with E-state index in [9.17, 15) is 14.9 Å². The Labute approximate surface area is 229 Å². The fraction of sp³-hybridized carbons (Fsp3) is 0.452. The molecule has 7 heteroatoms. The van der Waals surface area contributed by atoms with Gasteiger partial charge in [-0.25, -0.2) is 4.79 Å². The van der Waals surface area contributed by atoms with E-state index in [-0.39, 0.29) is 24.5 Å². The number of nitrogens with zero attached hydrogens (tertiary/aromatic N) is 2. The lowest BCUT2D eigenvalue weighted by Gasteiger charge is -2.42. The highest BCUT2D eigenvalue weighted by molar-refractivity contribution is 6.28. The van der Waals surface area contributed by atoms with E-state index in [2.05, 4.69) is 23.5 Å². The molecule has 1 fully saturated rings. The number of hydrogen-bond acceptors (Lipinski definition) is 4. The number of nitriles is 1. The van der Waals surface area contributed by atoms with Crippen molar-refractivity contribution in [2.24, 2.45) is 0 Å². The molecular weight excluding hydrogens is 498 g/mol. The molecule has 2 aromatic carbocycles. The van der Waals surface area contributed by atoms with E-state index in [1.807, 2.05) is 70.2 Å². The highest BCUT2D eigenvalue weighted by atomic mass is 35.5. The van der Waals surface area contributed by atoms with Crippen LogP contribution >= 0.6 is 11.6 Å². The number of alkyl halides is 1. The fourth-order valence-corrected chi connectivity index (χ4v) is 5.61. The van der Waals surface area contributed by atoms with Crippen molar-refractivity contribution in [1.82, 2.24) is 10.2 Å². The van der Waals surface area contributed by atoms with Gasteiger partial charge in [-0.05, 0) is 75.1 Å². The van der Waals surface area contributed by atoms with Crippen molar-refractivity contribution in [3.8, 4) is 6.07 Å². The number of carbonyl (C=O) groups is 2. The summed E-state index contributed by atoms with van der Waals surface area (Å²) in [5.74, 6) is -0.0992. The van der Waals surface area contributed by atoms with E-state index in [4.69, 9.17) is 16.3 Å². The van der Waals surface area contributed by atoms with Gasteiger partial charge >= 0.3 is 6.09 Å². The molecule has 38 heavy (non-hydrogen) atoms. The monoisotopic (exact) mass is 533 g/mol. The summed E-state index contributed by atoms with van der Waals surface area (Å²) in [6, 6.07) is 17.5. The maximum Gasteiger partial charge on any atom is 0.410 e. The summed E-state index contributed by atoms with van der Waals surface area (Å²) in [4.78, 5) is 27.2. The molecule has 6 nitrogen and oxygen atoms in total. The van der Waals surface area contributed by atoms with Gasteiger partial charge in [-0.3, -0.25) is 4.79 Å². The first-order chi connectivity index (χ1) is 17.9. The molecule has 0 bridgehead atoms. The van der Waals surface area contributed by atoms with Crippen LogP contribution in [0.4, 0.5) is 4.79 Å². The van der Waals surface area contributed by atoms with Gasteiger partial charge in [0.25, 0.3) is 0 Å². The van der Waals surface area contributed by atoms with Crippen LogP contribution in [0.2, 0.25) is 0 Å². The summed E-state index contributed by atoms with van der Waals surface area (Å²) in [7, 11) is 0. The zero-order valence-electron chi connectivity index (χ0n) is 22.6. The van der Waals surface area contributed by atoms with Gasteiger partial charge in [0.1, 0.15) is 5.60 Å². The highest BCUT2D eigenvalue weighted by Crippen LogP contribution is 2.40. The van der Waals surface area contributed by atoms with Crippen LogP contribution in [0.3, 0.4) is 0 Å². The Balaban J connectivity index is 1.52. The van der Waals surface area contributed by atoms with Crippen LogP contribution in [0.5, 0.6) is 0 Å². The van der Waals surface area contributed by atoms with Crippen molar-refractivity contribution < 1.29 is 14.3 Å². The summed E-state index contributed by atoms with van der Waals surface area (Å²) < 4.78 is 5.57. The number of benzene rings is 2. The number of carbonyl (C=O) groups excluding carboxylic acids is 2. The summed E-state index contributed by atoms with van der Waals surface area (Å²) >= 11 is 7.04. The van der Waals surface area contributed by atoms with Crippen LogP contribution in [0, 0.1) is 11.3 Å². The first-order valence-corrected chi connectivity index (χ1v) is 13.6. The maximum atomic E-state index is 13.5. The fourth-order valence-electron chi connectivity index (χ4n) is 5.36. The van der Waals surface area contributed by atoms with Crippen LogP contribution in [0.1, 0.15) is 64.5 Å². The Morgan fingerprint density at radius 3 is 2.47 bits per heavy atom. The Kier molecular flexibility index (Phi) is 7.90. The smallest absolute Gasteiger partial charge is 0.410 e. The van der Waals surface area contributed by atoms with E-state index in [0.29, 0.717) is 37.9 Å². The van der Waals surface area contributed by atoms with Crippen LogP contribution in [0.15, 0.2) is 48.5 Å². The molecule has 2 aromatic rings. The summed E-state index contributed by atoms with van der Waals surface area (Å²) in [5.41, 5.74) is 0.407. The number of fused-ring (bicyclic) bond motifs is 1. The third-order valence-corrected chi connectivity index (χ3v) is 8.19. The first kappa shape index (κ1) is 27.7. The highest BCUT2D eigenvalue weighted by Gasteiger charge is 2.41. The molecule has 1 aliphatic carbocycles. The lowest BCUT2D eigenvalue weighted by Crippen LogP contribution is -2.52. The average molecular weight is 534 g/mol. The Morgan fingerprint density at radius 2 is 1.82 bits per heavy atom.